The summed E-state index contributed by atoms with van der Waals surface area (Å²) >= 11 is 5.78. The van der Waals surface area contributed by atoms with E-state index in [2.05, 4.69) is 21.7 Å². The number of carbonyl (C=O) groups is 1. The summed E-state index contributed by atoms with van der Waals surface area (Å²) < 4.78 is 37.6. The van der Waals surface area contributed by atoms with Gasteiger partial charge in [0.2, 0.25) is 5.91 Å². The first-order valence-electron chi connectivity index (χ1n) is 7.69. The Bertz CT molecular complexity index is 662. The summed E-state index contributed by atoms with van der Waals surface area (Å²) in [5.74, 6) is 0.00150. The predicted octanol–water partition coefficient (Wildman–Crippen LogP) is 2.27. The molecule has 0 saturated carbocycles. The Hall–Kier alpha value is -2.05. The van der Waals surface area contributed by atoms with Crippen molar-refractivity contribution in [2.24, 2.45) is 0 Å². The van der Waals surface area contributed by atoms with Gasteiger partial charge in [-0.15, -0.1) is 0 Å². The molecule has 1 aliphatic heterocycles. The first-order valence-corrected chi connectivity index (χ1v) is 8.07. The number of aromatic nitrogens is 1. The lowest BCUT2D eigenvalue weighted by Crippen LogP contribution is -2.41. The van der Waals surface area contributed by atoms with Crippen molar-refractivity contribution in [3.8, 4) is 6.07 Å². The van der Waals surface area contributed by atoms with Crippen LogP contribution in [0.5, 0.6) is 0 Å². The monoisotopic (exact) mass is 375 g/mol. The van der Waals surface area contributed by atoms with Gasteiger partial charge in [0, 0.05) is 25.8 Å². The molecule has 1 aliphatic rings. The van der Waals surface area contributed by atoms with E-state index in [-0.39, 0.29) is 29.3 Å². The zero-order valence-corrected chi connectivity index (χ0v) is 14.0. The largest absolute Gasteiger partial charge is 0.417 e. The zero-order valence-electron chi connectivity index (χ0n) is 13.2. The number of nitriles is 1. The number of likely N-dealkylation sites (tertiary alicyclic amines) is 1. The van der Waals surface area contributed by atoms with E-state index in [1.54, 1.807) is 4.90 Å². The van der Waals surface area contributed by atoms with Crippen LogP contribution in [-0.2, 0) is 11.0 Å². The lowest BCUT2D eigenvalue weighted by atomic mass is 10.2. The fourth-order valence-electron chi connectivity index (χ4n) is 2.49. The molecular formula is C15H17ClF3N5O. The maximum absolute atomic E-state index is 12.5. The number of pyridine rings is 1. The van der Waals surface area contributed by atoms with Crippen molar-refractivity contribution in [3.05, 3.63) is 22.8 Å². The molecule has 0 spiro atoms. The molecule has 0 unspecified atom stereocenters. The fourth-order valence-corrected chi connectivity index (χ4v) is 2.72. The Kier molecular flexibility index (Phi) is 6.45. The highest BCUT2D eigenvalue weighted by molar-refractivity contribution is 6.32. The fraction of sp³-hybridized carbons (Fsp3) is 0.533. The predicted molar refractivity (Wildman–Crippen MR) is 86.0 cm³/mol. The van der Waals surface area contributed by atoms with Gasteiger partial charge in [-0.05, 0) is 18.9 Å². The lowest BCUT2D eigenvalue weighted by Gasteiger charge is -2.19. The number of hydrogen-bond acceptors (Lipinski definition) is 5. The van der Waals surface area contributed by atoms with Crippen molar-refractivity contribution >= 4 is 23.3 Å². The number of carbonyl (C=O) groups excluding carboxylic acids is 1. The van der Waals surface area contributed by atoms with E-state index >= 15 is 0 Å². The van der Waals surface area contributed by atoms with E-state index in [0.29, 0.717) is 32.3 Å². The van der Waals surface area contributed by atoms with Gasteiger partial charge in [-0.2, -0.15) is 18.4 Å². The highest BCUT2D eigenvalue weighted by Crippen LogP contribution is 2.32. The second-order valence-electron chi connectivity index (χ2n) is 5.53. The van der Waals surface area contributed by atoms with Crippen molar-refractivity contribution < 1.29 is 18.0 Å². The molecule has 2 heterocycles. The van der Waals surface area contributed by atoms with Gasteiger partial charge in [-0.3, -0.25) is 4.79 Å². The molecular weight excluding hydrogens is 359 g/mol. The number of nitrogens with one attached hydrogen (secondary N) is 2. The number of nitrogens with zero attached hydrogens (tertiary/aromatic N) is 3. The first kappa shape index (κ1) is 19.3. The van der Waals surface area contributed by atoms with Crippen molar-refractivity contribution in [1.82, 2.24) is 15.2 Å². The van der Waals surface area contributed by atoms with Gasteiger partial charge in [0.15, 0.2) is 0 Å². The summed E-state index contributed by atoms with van der Waals surface area (Å²) in [6, 6.07) is 2.55. The standard InChI is InChI=1S/C15H17ClF3N5O/c16-12-6-10(15(17,18)19)8-23-14(12)22-4-3-21-9-13(25)24-5-1-2-11(24)7-20/h6,8,11,21H,1-5,9H2,(H,22,23)/t11-/m0/s1. The SMILES string of the molecule is N#C[C@@H]1CCCN1C(=O)CNCCNc1ncc(C(F)(F)F)cc1Cl. The van der Waals surface area contributed by atoms with Gasteiger partial charge in [0.1, 0.15) is 11.9 Å². The molecule has 25 heavy (non-hydrogen) atoms. The molecule has 136 valence electrons. The Balaban J connectivity index is 1.73. The molecule has 1 amide bonds. The minimum Gasteiger partial charge on any atom is -0.368 e. The molecule has 2 N–H and O–H groups in total. The Morgan fingerprint density at radius 2 is 2.24 bits per heavy atom. The minimum atomic E-state index is -4.49. The number of rotatable bonds is 6. The Labute approximate surface area is 148 Å². The molecule has 0 aromatic carbocycles. The van der Waals surface area contributed by atoms with Gasteiger partial charge < -0.3 is 15.5 Å². The van der Waals surface area contributed by atoms with Crippen LogP contribution < -0.4 is 10.6 Å². The molecule has 1 aromatic heterocycles. The summed E-state index contributed by atoms with van der Waals surface area (Å²) in [4.78, 5) is 17.2. The summed E-state index contributed by atoms with van der Waals surface area (Å²) in [6.45, 7) is 1.39. The third-order valence-corrected chi connectivity index (χ3v) is 4.05. The van der Waals surface area contributed by atoms with E-state index in [9.17, 15) is 18.0 Å². The smallest absolute Gasteiger partial charge is 0.368 e. The van der Waals surface area contributed by atoms with Crippen LogP contribution in [0, 0.1) is 11.3 Å². The number of amides is 1. The summed E-state index contributed by atoms with van der Waals surface area (Å²) in [6.07, 6.45) is -2.26. The van der Waals surface area contributed by atoms with Crippen LogP contribution in [-0.4, -0.2) is 48.0 Å². The zero-order chi connectivity index (χ0) is 18.4. The molecule has 0 aliphatic carbocycles. The quantitative estimate of drug-likeness (QED) is 0.745. The number of alkyl halides is 3. The molecule has 1 saturated heterocycles. The number of anilines is 1. The molecule has 2 rings (SSSR count). The molecule has 10 heteroatoms. The first-order chi connectivity index (χ1) is 11.8. The van der Waals surface area contributed by atoms with Crippen LogP contribution in [0.1, 0.15) is 18.4 Å². The molecule has 0 radical (unpaired) electrons. The van der Waals surface area contributed by atoms with Gasteiger partial charge in [-0.1, -0.05) is 11.6 Å². The highest BCUT2D eigenvalue weighted by atomic mass is 35.5. The van der Waals surface area contributed by atoms with Crippen LogP contribution >= 0.6 is 11.6 Å². The van der Waals surface area contributed by atoms with Gasteiger partial charge in [-0.25, -0.2) is 4.98 Å². The van der Waals surface area contributed by atoms with Crippen molar-refractivity contribution in [1.29, 1.82) is 5.26 Å². The van der Waals surface area contributed by atoms with Crippen LogP contribution in [0.4, 0.5) is 19.0 Å². The average molecular weight is 376 g/mol. The van der Waals surface area contributed by atoms with E-state index in [1.807, 2.05) is 0 Å². The van der Waals surface area contributed by atoms with Crippen LogP contribution in [0.15, 0.2) is 12.3 Å². The van der Waals surface area contributed by atoms with Crippen molar-refractivity contribution in [3.63, 3.8) is 0 Å². The average Bonchev–Trinajstić information content (AvgIpc) is 3.03. The van der Waals surface area contributed by atoms with Crippen LogP contribution in [0.2, 0.25) is 5.02 Å². The van der Waals surface area contributed by atoms with Crippen molar-refractivity contribution in [2.45, 2.75) is 25.1 Å². The number of halogens is 4. The van der Waals surface area contributed by atoms with Crippen LogP contribution in [0.25, 0.3) is 0 Å². The molecule has 0 bridgehead atoms. The molecule has 1 atom stereocenters. The summed E-state index contributed by atoms with van der Waals surface area (Å²) in [7, 11) is 0. The topological polar surface area (TPSA) is 81.0 Å². The lowest BCUT2D eigenvalue weighted by molar-refractivity contribution is -0.137. The third kappa shape index (κ3) is 5.21. The highest BCUT2D eigenvalue weighted by Gasteiger charge is 2.31. The summed E-state index contributed by atoms with van der Waals surface area (Å²) in [5, 5.41) is 14.6. The summed E-state index contributed by atoms with van der Waals surface area (Å²) in [5.41, 5.74) is -0.913. The second kappa shape index (κ2) is 8.36. The number of hydrogen-bond donors (Lipinski definition) is 2. The van der Waals surface area contributed by atoms with E-state index in [0.717, 1.165) is 12.5 Å². The van der Waals surface area contributed by atoms with Crippen molar-refractivity contribution in [2.75, 3.05) is 31.5 Å². The third-order valence-electron chi connectivity index (χ3n) is 3.76. The van der Waals surface area contributed by atoms with E-state index < -0.39 is 11.7 Å². The van der Waals surface area contributed by atoms with Gasteiger partial charge in [0.25, 0.3) is 0 Å². The van der Waals surface area contributed by atoms with E-state index in [1.165, 1.54) is 0 Å². The molecule has 1 aromatic rings. The van der Waals surface area contributed by atoms with E-state index in [4.69, 9.17) is 16.9 Å². The molecule has 6 nitrogen and oxygen atoms in total. The minimum absolute atomic E-state index is 0.0913. The van der Waals surface area contributed by atoms with Gasteiger partial charge >= 0.3 is 6.18 Å². The Morgan fingerprint density at radius 1 is 1.48 bits per heavy atom. The van der Waals surface area contributed by atoms with Gasteiger partial charge in [0.05, 0.1) is 23.2 Å². The van der Waals surface area contributed by atoms with Crippen LogP contribution in [0.3, 0.4) is 0 Å². The second-order valence-corrected chi connectivity index (χ2v) is 5.94. The maximum atomic E-state index is 12.5. The Morgan fingerprint density at radius 3 is 2.88 bits per heavy atom. The normalized spacial score (nSPS) is 17.4. The molecule has 1 fully saturated rings. The maximum Gasteiger partial charge on any atom is 0.417 e.